The van der Waals surface area contributed by atoms with Crippen molar-refractivity contribution in [1.82, 2.24) is 19.7 Å². The summed E-state index contributed by atoms with van der Waals surface area (Å²) >= 11 is 0. The van der Waals surface area contributed by atoms with Crippen LogP contribution in [0.4, 0.5) is 5.95 Å². The number of carbonyl (C=O) groups excluding carboxylic acids is 1. The van der Waals surface area contributed by atoms with Crippen LogP contribution in [0, 0.1) is 10.1 Å². The second-order valence-electron chi connectivity index (χ2n) is 5.37. The number of nitrogens with zero attached hydrogens (tertiary/aromatic N) is 5. The maximum absolute atomic E-state index is 12.6. The molecule has 1 aromatic carbocycles. The van der Waals surface area contributed by atoms with Gasteiger partial charge in [-0.1, -0.05) is 35.3 Å². The van der Waals surface area contributed by atoms with Gasteiger partial charge in [0.2, 0.25) is 12.2 Å². The summed E-state index contributed by atoms with van der Waals surface area (Å²) in [7, 11) is 0. The predicted octanol–water partition coefficient (Wildman–Crippen LogP) is 0.986. The van der Waals surface area contributed by atoms with Crippen LogP contribution in [0.1, 0.15) is 18.9 Å². The average molecular weight is 333 g/mol. The number of hydrogen-bond donors (Lipinski definition) is 1. The van der Waals surface area contributed by atoms with E-state index in [4.69, 9.17) is 5.11 Å². The number of hydrogen-bond acceptors (Lipinski definition) is 6. The number of carbonyl (C=O) groups is 1. The molecule has 24 heavy (non-hydrogen) atoms. The Morgan fingerprint density at radius 2 is 2.12 bits per heavy atom. The van der Waals surface area contributed by atoms with Crippen LogP contribution in [-0.2, 0) is 17.9 Å². The molecule has 0 unspecified atom stereocenters. The van der Waals surface area contributed by atoms with Crippen molar-refractivity contribution in [2.45, 2.75) is 32.5 Å². The minimum atomic E-state index is -0.711. The first-order valence-corrected chi connectivity index (χ1v) is 7.49. The smallest absolute Gasteiger partial charge is 0.396 e. The Balaban J connectivity index is 2.12. The van der Waals surface area contributed by atoms with Crippen molar-refractivity contribution in [3.8, 4) is 0 Å². The zero-order valence-electron chi connectivity index (χ0n) is 13.3. The van der Waals surface area contributed by atoms with Crippen LogP contribution >= 0.6 is 0 Å². The van der Waals surface area contributed by atoms with Crippen LogP contribution in [0.5, 0.6) is 0 Å². The predicted molar refractivity (Wildman–Crippen MR) is 84.8 cm³/mol. The summed E-state index contributed by atoms with van der Waals surface area (Å²) in [5.41, 5.74) is 0.959. The van der Waals surface area contributed by atoms with Gasteiger partial charge in [0.1, 0.15) is 6.54 Å². The van der Waals surface area contributed by atoms with Gasteiger partial charge in [-0.05, 0) is 23.8 Å². The quantitative estimate of drug-likeness (QED) is 0.569. The number of aliphatic hydroxyl groups excluding tert-OH is 1. The molecule has 9 nitrogen and oxygen atoms in total. The zero-order chi connectivity index (χ0) is 17.5. The van der Waals surface area contributed by atoms with Gasteiger partial charge in [0.05, 0.1) is 0 Å². The van der Waals surface area contributed by atoms with Crippen molar-refractivity contribution in [3.63, 3.8) is 0 Å². The van der Waals surface area contributed by atoms with Gasteiger partial charge in [0, 0.05) is 24.3 Å². The molecule has 0 bridgehead atoms. The van der Waals surface area contributed by atoms with Crippen molar-refractivity contribution in [3.05, 3.63) is 52.3 Å². The van der Waals surface area contributed by atoms with Crippen molar-refractivity contribution >= 4 is 11.9 Å². The standard InChI is InChI=1S/C15H19N5O4/c1-12(7-8-21)19(9-13-5-3-2-4-6-13)14(22)10-18-11-16-15(17-18)20(23)24/h2-6,11-12,21H,7-10H2,1H3/t12-/m0/s1. The van der Waals surface area contributed by atoms with E-state index in [-0.39, 0.29) is 25.1 Å². The van der Waals surface area contributed by atoms with Crippen molar-refractivity contribution < 1.29 is 14.8 Å². The summed E-state index contributed by atoms with van der Waals surface area (Å²) in [4.78, 5) is 27.7. The van der Waals surface area contributed by atoms with Crippen LogP contribution in [0.2, 0.25) is 0 Å². The monoisotopic (exact) mass is 333 g/mol. The minimum Gasteiger partial charge on any atom is -0.396 e. The molecular formula is C15H19N5O4. The summed E-state index contributed by atoms with van der Waals surface area (Å²) < 4.78 is 1.14. The summed E-state index contributed by atoms with van der Waals surface area (Å²) in [6.07, 6.45) is 1.60. The lowest BCUT2D eigenvalue weighted by atomic mass is 10.1. The van der Waals surface area contributed by atoms with Gasteiger partial charge in [-0.3, -0.25) is 4.79 Å². The summed E-state index contributed by atoms with van der Waals surface area (Å²) in [5, 5.41) is 23.4. The molecule has 0 radical (unpaired) electrons. The molecule has 0 aliphatic heterocycles. The Bertz CT molecular complexity index is 688. The highest BCUT2D eigenvalue weighted by molar-refractivity contribution is 5.76. The first-order chi connectivity index (χ1) is 11.5. The van der Waals surface area contributed by atoms with E-state index in [0.29, 0.717) is 13.0 Å². The Morgan fingerprint density at radius 3 is 2.71 bits per heavy atom. The molecule has 2 aromatic rings. The summed E-state index contributed by atoms with van der Waals surface area (Å²) in [6.45, 7) is 2.05. The first kappa shape index (κ1) is 17.5. The normalized spacial score (nSPS) is 11.9. The lowest BCUT2D eigenvalue weighted by molar-refractivity contribution is -0.394. The van der Waals surface area contributed by atoms with E-state index in [1.54, 1.807) is 4.90 Å². The summed E-state index contributed by atoms with van der Waals surface area (Å²) in [6, 6.07) is 9.30. The second kappa shape index (κ2) is 8.16. The van der Waals surface area contributed by atoms with Crippen LogP contribution in [0.25, 0.3) is 0 Å². The maximum atomic E-state index is 12.6. The van der Waals surface area contributed by atoms with E-state index in [9.17, 15) is 14.9 Å². The van der Waals surface area contributed by atoms with Crippen molar-refractivity contribution in [1.29, 1.82) is 0 Å². The molecule has 1 aromatic heterocycles. The van der Waals surface area contributed by atoms with Crippen LogP contribution in [0.3, 0.4) is 0 Å². The third-order valence-electron chi connectivity index (χ3n) is 3.58. The lowest BCUT2D eigenvalue weighted by Gasteiger charge is -2.29. The maximum Gasteiger partial charge on any atom is 0.490 e. The minimum absolute atomic E-state index is 0.0332. The van der Waals surface area contributed by atoms with E-state index >= 15 is 0 Å². The highest BCUT2D eigenvalue weighted by Crippen LogP contribution is 2.12. The largest absolute Gasteiger partial charge is 0.490 e. The fraction of sp³-hybridized carbons (Fsp3) is 0.400. The van der Waals surface area contributed by atoms with E-state index < -0.39 is 10.9 Å². The molecule has 0 saturated carbocycles. The van der Waals surface area contributed by atoms with E-state index in [2.05, 4.69) is 10.1 Å². The second-order valence-corrected chi connectivity index (χ2v) is 5.37. The fourth-order valence-electron chi connectivity index (χ4n) is 2.29. The number of aromatic nitrogens is 3. The molecule has 1 heterocycles. The third-order valence-corrected chi connectivity index (χ3v) is 3.58. The van der Waals surface area contributed by atoms with Gasteiger partial charge < -0.3 is 20.1 Å². The lowest BCUT2D eigenvalue weighted by Crippen LogP contribution is -2.40. The zero-order valence-corrected chi connectivity index (χ0v) is 13.3. The number of rotatable bonds is 8. The van der Waals surface area contributed by atoms with Crippen molar-refractivity contribution in [2.75, 3.05) is 6.61 Å². The SMILES string of the molecule is C[C@@H](CCO)N(Cc1ccccc1)C(=O)Cn1cnc([N+](=O)[O-])n1. The molecular weight excluding hydrogens is 314 g/mol. The molecule has 1 atom stereocenters. The highest BCUT2D eigenvalue weighted by Gasteiger charge is 2.23. The number of amides is 1. The third kappa shape index (κ3) is 4.59. The van der Waals surface area contributed by atoms with Crippen molar-refractivity contribution in [2.24, 2.45) is 0 Å². The van der Waals surface area contributed by atoms with Crippen LogP contribution in [0.15, 0.2) is 36.7 Å². The first-order valence-electron chi connectivity index (χ1n) is 7.49. The van der Waals surface area contributed by atoms with Gasteiger partial charge in [-0.25, -0.2) is 0 Å². The number of benzene rings is 1. The molecule has 1 amide bonds. The fourth-order valence-corrected chi connectivity index (χ4v) is 2.29. The van der Waals surface area contributed by atoms with E-state index in [1.165, 1.54) is 0 Å². The van der Waals surface area contributed by atoms with Gasteiger partial charge in [0.25, 0.3) is 0 Å². The van der Waals surface area contributed by atoms with Gasteiger partial charge in [-0.15, -0.1) is 0 Å². The Kier molecular flexibility index (Phi) is 5.96. The van der Waals surface area contributed by atoms with Crippen LogP contribution < -0.4 is 0 Å². The average Bonchev–Trinajstić information content (AvgIpc) is 3.02. The Morgan fingerprint density at radius 1 is 1.42 bits per heavy atom. The van der Waals surface area contributed by atoms with E-state index in [0.717, 1.165) is 16.6 Å². The number of aliphatic hydroxyl groups is 1. The van der Waals surface area contributed by atoms with Gasteiger partial charge in [0.15, 0.2) is 0 Å². The molecule has 2 rings (SSSR count). The molecule has 9 heteroatoms. The molecule has 0 spiro atoms. The summed E-state index contributed by atoms with van der Waals surface area (Å²) in [5.74, 6) is -0.791. The van der Waals surface area contributed by atoms with Gasteiger partial charge in [-0.2, -0.15) is 4.68 Å². The molecule has 0 saturated heterocycles. The Labute approximate surface area is 138 Å². The molecule has 0 aliphatic rings. The molecule has 128 valence electrons. The Hall–Kier alpha value is -2.81. The molecule has 0 aliphatic carbocycles. The van der Waals surface area contributed by atoms with Crippen LogP contribution in [-0.4, -0.2) is 48.3 Å². The van der Waals surface area contributed by atoms with Gasteiger partial charge >= 0.3 is 5.95 Å². The molecule has 0 fully saturated rings. The number of nitro groups is 1. The topological polar surface area (TPSA) is 114 Å². The van der Waals surface area contributed by atoms with E-state index in [1.807, 2.05) is 37.3 Å². The highest BCUT2D eigenvalue weighted by atomic mass is 16.6. The molecule has 1 N–H and O–H groups in total.